The Morgan fingerprint density at radius 2 is 2.19 bits per heavy atom. The van der Waals surface area contributed by atoms with E-state index in [9.17, 15) is 14.7 Å². The van der Waals surface area contributed by atoms with Crippen LogP contribution in [0.3, 0.4) is 0 Å². The van der Waals surface area contributed by atoms with Gasteiger partial charge in [0.05, 0.1) is 6.04 Å². The van der Waals surface area contributed by atoms with Crippen molar-refractivity contribution in [2.45, 2.75) is 31.8 Å². The summed E-state index contributed by atoms with van der Waals surface area (Å²) >= 11 is 5.97. The molecule has 1 N–H and O–H groups in total. The summed E-state index contributed by atoms with van der Waals surface area (Å²) in [6, 6.07) is 6.18. The van der Waals surface area contributed by atoms with Crippen LogP contribution in [0.1, 0.15) is 31.4 Å². The Morgan fingerprint density at radius 1 is 1.48 bits per heavy atom. The van der Waals surface area contributed by atoms with E-state index in [1.165, 1.54) is 4.90 Å². The lowest BCUT2D eigenvalue weighted by Crippen LogP contribution is -2.47. The van der Waals surface area contributed by atoms with Crippen molar-refractivity contribution in [1.29, 1.82) is 0 Å². The number of aliphatic carboxylic acids is 1. The van der Waals surface area contributed by atoms with E-state index in [0.717, 1.165) is 12.0 Å². The van der Waals surface area contributed by atoms with Gasteiger partial charge in [-0.2, -0.15) is 0 Å². The van der Waals surface area contributed by atoms with Crippen molar-refractivity contribution >= 4 is 23.6 Å². The van der Waals surface area contributed by atoms with Crippen LogP contribution in [-0.2, 0) is 4.79 Å². The van der Waals surface area contributed by atoms with Gasteiger partial charge >= 0.3 is 12.0 Å². The average Bonchev–Trinajstić information content (AvgIpc) is 2.94. The first-order valence-corrected chi connectivity index (χ1v) is 7.31. The molecule has 2 amide bonds. The molecule has 2 rings (SSSR count). The van der Waals surface area contributed by atoms with E-state index in [-0.39, 0.29) is 12.1 Å². The fourth-order valence-corrected chi connectivity index (χ4v) is 2.81. The number of nitrogens with zero attached hydrogens (tertiary/aromatic N) is 2. The van der Waals surface area contributed by atoms with Crippen LogP contribution in [0.25, 0.3) is 0 Å². The Kier molecular flexibility index (Phi) is 4.73. The number of likely N-dealkylation sites (tertiary alicyclic amines) is 1. The first kappa shape index (κ1) is 15.6. The van der Waals surface area contributed by atoms with Crippen LogP contribution in [0, 0.1) is 0 Å². The predicted molar refractivity (Wildman–Crippen MR) is 80.4 cm³/mol. The summed E-state index contributed by atoms with van der Waals surface area (Å²) < 4.78 is 0. The molecule has 1 aliphatic rings. The molecule has 0 aliphatic carbocycles. The average molecular weight is 311 g/mol. The van der Waals surface area contributed by atoms with Crippen LogP contribution in [-0.4, -0.2) is 46.5 Å². The molecule has 0 aromatic heterocycles. The molecule has 0 radical (unpaired) electrons. The summed E-state index contributed by atoms with van der Waals surface area (Å²) in [5.41, 5.74) is 0.921. The first-order chi connectivity index (χ1) is 9.91. The third-order valence-electron chi connectivity index (χ3n) is 4.00. The predicted octanol–water partition coefficient (Wildman–Crippen LogP) is 3.00. The van der Waals surface area contributed by atoms with Gasteiger partial charge in [-0.1, -0.05) is 23.7 Å². The highest BCUT2D eigenvalue weighted by Crippen LogP contribution is 2.25. The molecule has 1 aromatic rings. The number of halogens is 1. The molecule has 1 heterocycles. The Hall–Kier alpha value is -1.75. The maximum Gasteiger partial charge on any atom is 0.326 e. The summed E-state index contributed by atoms with van der Waals surface area (Å²) in [4.78, 5) is 26.7. The van der Waals surface area contributed by atoms with Crippen molar-refractivity contribution in [3.05, 3.63) is 34.9 Å². The van der Waals surface area contributed by atoms with Gasteiger partial charge in [0, 0.05) is 18.6 Å². The van der Waals surface area contributed by atoms with E-state index >= 15 is 0 Å². The normalized spacial score (nSPS) is 19.4. The summed E-state index contributed by atoms with van der Waals surface area (Å²) in [6.07, 6.45) is 1.24. The molecule has 0 bridgehead atoms. The van der Waals surface area contributed by atoms with E-state index in [2.05, 4.69) is 0 Å². The second-order valence-corrected chi connectivity index (χ2v) is 5.75. The number of carbonyl (C=O) groups excluding carboxylic acids is 1. The summed E-state index contributed by atoms with van der Waals surface area (Å²) in [6.45, 7) is 2.39. The first-order valence-electron chi connectivity index (χ1n) is 6.93. The fourth-order valence-electron chi connectivity index (χ4n) is 2.61. The molecule has 0 saturated carbocycles. The summed E-state index contributed by atoms with van der Waals surface area (Å²) in [5, 5.41) is 9.79. The molecule has 1 aliphatic heterocycles. The van der Waals surface area contributed by atoms with Crippen molar-refractivity contribution in [1.82, 2.24) is 9.80 Å². The van der Waals surface area contributed by atoms with Crippen molar-refractivity contribution in [2.75, 3.05) is 13.6 Å². The number of carbonyl (C=O) groups is 2. The fraction of sp³-hybridized carbons (Fsp3) is 0.467. The minimum absolute atomic E-state index is 0.175. The molecular formula is C15H19ClN2O3. The van der Waals surface area contributed by atoms with E-state index in [1.807, 2.05) is 25.1 Å². The lowest BCUT2D eigenvalue weighted by atomic mass is 10.1. The van der Waals surface area contributed by atoms with Gasteiger partial charge in [0.25, 0.3) is 0 Å². The summed E-state index contributed by atoms with van der Waals surface area (Å²) in [5.74, 6) is -0.940. The Balaban J connectivity index is 2.13. The van der Waals surface area contributed by atoms with Gasteiger partial charge in [0.1, 0.15) is 6.04 Å². The zero-order valence-electron chi connectivity index (χ0n) is 12.1. The highest BCUT2D eigenvalue weighted by molar-refractivity contribution is 6.30. The van der Waals surface area contributed by atoms with Crippen molar-refractivity contribution in [3.63, 3.8) is 0 Å². The molecule has 6 heteroatoms. The summed E-state index contributed by atoms with van der Waals surface area (Å²) in [7, 11) is 1.69. The van der Waals surface area contributed by atoms with Gasteiger partial charge in [-0.05, 0) is 37.5 Å². The highest BCUT2D eigenvalue weighted by Gasteiger charge is 2.36. The molecule has 1 saturated heterocycles. The molecule has 114 valence electrons. The topological polar surface area (TPSA) is 60.9 Å². The van der Waals surface area contributed by atoms with Crippen LogP contribution in [0.15, 0.2) is 24.3 Å². The lowest BCUT2D eigenvalue weighted by molar-refractivity contribution is -0.141. The quantitative estimate of drug-likeness (QED) is 0.933. The second-order valence-electron chi connectivity index (χ2n) is 5.31. The van der Waals surface area contributed by atoms with Crippen molar-refractivity contribution < 1.29 is 14.7 Å². The Bertz CT molecular complexity index is 549. The molecule has 0 spiro atoms. The second kappa shape index (κ2) is 6.35. The molecule has 21 heavy (non-hydrogen) atoms. The molecule has 5 nitrogen and oxygen atoms in total. The Labute approximate surface area is 129 Å². The maximum atomic E-state index is 12.5. The molecule has 2 unspecified atom stereocenters. The SMILES string of the molecule is CC(c1cccc(Cl)c1)N(C)C(=O)N1CCCC1C(=O)O. The van der Waals surface area contributed by atoms with Gasteiger partial charge in [0.2, 0.25) is 0 Å². The van der Waals surface area contributed by atoms with Crippen LogP contribution in [0.5, 0.6) is 0 Å². The van der Waals surface area contributed by atoms with Gasteiger partial charge in [0.15, 0.2) is 0 Å². The molecule has 1 fully saturated rings. The minimum atomic E-state index is -0.940. The number of benzene rings is 1. The van der Waals surface area contributed by atoms with Crippen LogP contribution < -0.4 is 0 Å². The number of rotatable bonds is 3. The third kappa shape index (κ3) is 3.29. The minimum Gasteiger partial charge on any atom is -0.480 e. The molecular weight excluding hydrogens is 292 g/mol. The number of carboxylic acids is 1. The number of hydrogen-bond donors (Lipinski definition) is 1. The van der Waals surface area contributed by atoms with Gasteiger partial charge in [-0.25, -0.2) is 9.59 Å². The zero-order valence-corrected chi connectivity index (χ0v) is 12.9. The largest absolute Gasteiger partial charge is 0.480 e. The smallest absolute Gasteiger partial charge is 0.326 e. The molecule has 2 atom stereocenters. The van der Waals surface area contributed by atoms with Crippen molar-refractivity contribution in [2.24, 2.45) is 0 Å². The van der Waals surface area contributed by atoms with E-state index in [0.29, 0.717) is 18.0 Å². The van der Waals surface area contributed by atoms with E-state index in [4.69, 9.17) is 11.6 Å². The standard InChI is InChI=1S/C15H19ClN2O3/c1-10(11-5-3-6-12(16)9-11)17(2)15(21)18-8-4-7-13(18)14(19)20/h3,5-6,9-10,13H,4,7-8H2,1-2H3,(H,19,20). The number of carboxylic acid groups (broad SMARTS) is 1. The van der Waals surface area contributed by atoms with Gasteiger partial charge in [-0.3, -0.25) is 0 Å². The van der Waals surface area contributed by atoms with Gasteiger partial charge < -0.3 is 14.9 Å². The van der Waals surface area contributed by atoms with Crippen LogP contribution in [0.2, 0.25) is 5.02 Å². The third-order valence-corrected chi connectivity index (χ3v) is 4.23. The molecule has 1 aromatic carbocycles. The number of hydrogen-bond acceptors (Lipinski definition) is 2. The monoisotopic (exact) mass is 310 g/mol. The zero-order chi connectivity index (χ0) is 15.6. The number of urea groups is 1. The van der Waals surface area contributed by atoms with E-state index in [1.54, 1.807) is 18.0 Å². The number of amides is 2. The highest BCUT2D eigenvalue weighted by atomic mass is 35.5. The lowest BCUT2D eigenvalue weighted by Gasteiger charge is -2.31. The van der Waals surface area contributed by atoms with E-state index < -0.39 is 12.0 Å². The Morgan fingerprint density at radius 3 is 2.81 bits per heavy atom. The van der Waals surface area contributed by atoms with Crippen LogP contribution >= 0.6 is 11.6 Å². The van der Waals surface area contributed by atoms with Crippen molar-refractivity contribution in [3.8, 4) is 0 Å². The van der Waals surface area contributed by atoms with Gasteiger partial charge in [-0.15, -0.1) is 0 Å². The maximum absolute atomic E-state index is 12.5. The van der Waals surface area contributed by atoms with Crippen LogP contribution in [0.4, 0.5) is 4.79 Å².